The molecule has 0 N–H and O–H groups in total. The maximum Gasteiger partial charge on any atom is 0.302 e. The third-order valence-corrected chi connectivity index (χ3v) is 2.48. The van der Waals surface area contributed by atoms with Crippen LogP contribution < -0.4 is 0 Å². The van der Waals surface area contributed by atoms with Crippen LogP contribution in [0.1, 0.15) is 52.4 Å². The molecule has 0 aliphatic carbocycles. The van der Waals surface area contributed by atoms with Gasteiger partial charge in [-0.05, 0) is 18.8 Å². The second-order valence-corrected chi connectivity index (χ2v) is 3.89. The molecule has 0 saturated heterocycles. The molecule has 3 nitrogen and oxygen atoms in total. The van der Waals surface area contributed by atoms with Gasteiger partial charge in [-0.3, -0.25) is 4.79 Å². The van der Waals surface area contributed by atoms with Crippen molar-refractivity contribution < 1.29 is 14.3 Å². The van der Waals surface area contributed by atoms with Crippen LogP contribution in [-0.4, -0.2) is 18.9 Å². The summed E-state index contributed by atoms with van der Waals surface area (Å²) in [5.74, 6) is 0.141. The van der Waals surface area contributed by atoms with Crippen molar-refractivity contribution in [1.82, 2.24) is 0 Å². The van der Waals surface area contributed by atoms with Gasteiger partial charge in [0, 0.05) is 13.3 Å². The summed E-state index contributed by atoms with van der Waals surface area (Å²) in [7, 11) is 0. The molecule has 0 aliphatic heterocycles. The van der Waals surface area contributed by atoms with Crippen LogP contribution >= 0.6 is 0 Å². The highest BCUT2D eigenvalue weighted by Crippen LogP contribution is 2.16. The number of hydrogen-bond donors (Lipinski definition) is 0. The van der Waals surface area contributed by atoms with E-state index in [1.54, 1.807) is 0 Å². The van der Waals surface area contributed by atoms with E-state index in [2.05, 4.69) is 6.92 Å². The zero-order valence-electron chi connectivity index (χ0n) is 9.83. The van der Waals surface area contributed by atoms with Crippen molar-refractivity contribution in [3.8, 4) is 0 Å². The van der Waals surface area contributed by atoms with Crippen LogP contribution in [0.3, 0.4) is 0 Å². The molecular weight excluding hydrogens is 192 g/mol. The normalized spacial score (nSPS) is 12.1. The molecule has 0 amide bonds. The van der Waals surface area contributed by atoms with Crippen molar-refractivity contribution in [3.05, 3.63) is 0 Å². The standard InChI is InChI=1S/C12H22O3/c1-3-4-5-6-12(7-9-13)8-10-15-11(2)14/h9,12H,3-8,10H2,1-2H3. The molecule has 0 heterocycles. The first-order chi connectivity index (χ1) is 7.20. The maximum atomic E-state index is 10.6. The number of hydrogen-bond acceptors (Lipinski definition) is 3. The third kappa shape index (κ3) is 9.44. The molecular formula is C12H22O3. The van der Waals surface area contributed by atoms with Crippen LogP contribution in [0.2, 0.25) is 0 Å². The topological polar surface area (TPSA) is 43.4 Å². The summed E-state index contributed by atoms with van der Waals surface area (Å²) in [6.07, 6.45) is 6.99. The number of carbonyl (C=O) groups is 2. The predicted molar refractivity (Wildman–Crippen MR) is 59.6 cm³/mol. The van der Waals surface area contributed by atoms with Crippen LogP contribution in [0.4, 0.5) is 0 Å². The largest absolute Gasteiger partial charge is 0.466 e. The Morgan fingerprint density at radius 2 is 2.07 bits per heavy atom. The van der Waals surface area contributed by atoms with Crippen LogP contribution in [0.15, 0.2) is 0 Å². The Hall–Kier alpha value is -0.860. The molecule has 0 bridgehead atoms. The number of aldehydes is 1. The minimum Gasteiger partial charge on any atom is -0.466 e. The fourth-order valence-electron chi connectivity index (χ4n) is 1.57. The number of esters is 1. The average molecular weight is 214 g/mol. The Morgan fingerprint density at radius 3 is 2.60 bits per heavy atom. The first kappa shape index (κ1) is 14.1. The van der Waals surface area contributed by atoms with Gasteiger partial charge < -0.3 is 9.53 Å². The van der Waals surface area contributed by atoms with Crippen molar-refractivity contribution >= 4 is 12.3 Å². The number of rotatable bonds is 9. The van der Waals surface area contributed by atoms with Gasteiger partial charge in [-0.1, -0.05) is 26.2 Å². The minimum atomic E-state index is -0.242. The van der Waals surface area contributed by atoms with E-state index in [1.165, 1.54) is 19.8 Å². The van der Waals surface area contributed by atoms with E-state index in [0.29, 0.717) is 18.9 Å². The molecule has 0 aromatic rings. The highest BCUT2D eigenvalue weighted by Gasteiger charge is 2.08. The highest BCUT2D eigenvalue weighted by atomic mass is 16.5. The molecule has 0 aromatic carbocycles. The summed E-state index contributed by atoms with van der Waals surface area (Å²) in [5.41, 5.74) is 0. The Bertz CT molecular complexity index is 178. The van der Waals surface area contributed by atoms with Gasteiger partial charge in [0.05, 0.1) is 6.61 Å². The van der Waals surface area contributed by atoms with Gasteiger partial charge in [-0.15, -0.1) is 0 Å². The van der Waals surface area contributed by atoms with Crippen LogP contribution in [0.25, 0.3) is 0 Å². The van der Waals surface area contributed by atoms with Crippen molar-refractivity contribution in [2.75, 3.05) is 6.61 Å². The second-order valence-electron chi connectivity index (χ2n) is 3.89. The van der Waals surface area contributed by atoms with Gasteiger partial charge in [0.2, 0.25) is 0 Å². The summed E-state index contributed by atoms with van der Waals surface area (Å²) < 4.78 is 4.87. The highest BCUT2D eigenvalue weighted by molar-refractivity contribution is 5.65. The van der Waals surface area contributed by atoms with Gasteiger partial charge in [-0.2, -0.15) is 0 Å². The molecule has 3 heteroatoms. The van der Waals surface area contributed by atoms with E-state index in [9.17, 15) is 9.59 Å². The first-order valence-electron chi connectivity index (χ1n) is 5.77. The molecule has 0 fully saturated rings. The Balaban J connectivity index is 3.62. The van der Waals surface area contributed by atoms with Gasteiger partial charge in [0.15, 0.2) is 0 Å². The zero-order chi connectivity index (χ0) is 11.5. The average Bonchev–Trinajstić information content (AvgIpc) is 2.17. The number of ether oxygens (including phenoxy) is 1. The Morgan fingerprint density at radius 1 is 1.33 bits per heavy atom. The smallest absolute Gasteiger partial charge is 0.302 e. The van der Waals surface area contributed by atoms with Crippen molar-refractivity contribution in [2.45, 2.75) is 52.4 Å². The lowest BCUT2D eigenvalue weighted by atomic mass is 9.95. The van der Waals surface area contributed by atoms with E-state index in [0.717, 1.165) is 25.5 Å². The molecule has 0 radical (unpaired) electrons. The Labute approximate surface area is 92.2 Å². The molecule has 1 unspecified atom stereocenters. The summed E-state index contributed by atoms with van der Waals surface area (Å²) in [4.78, 5) is 21.0. The fraction of sp³-hybridized carbons (Fsp3) is 0.833. The molecule has 1 atom stereocenters. The lowest BCUT2D eigenvalue weighted by Crippen LogP contribution is -2.08. The monoisotopic (exact) mass is 214 g/mol. The third-order valence-electron chi connectivity index (χ3n) is 2.48. The molecule has 88 valence electrons. The fourth-order valence-corrected chi connectivity index (χ4v) is 1.57. The lowest BCUT2D eigenvalue weighted by molar-refractivity contribution is -0.141. The van der Waals surface area contributed by atoms with Crippen molar-refractivity contribution in [3.63, 3.8) is 0 Å². The number of carbonyl (C=O) groups excluding carboxylic acids is 2. The molecule has 0 aliphatic rings. The summed E-state index contributed by atoms with van der Waals surface area (Å²) in [6.45, 7) is 4.01. The minimum absolute atomic E-state index is 0.242. The van der Waals surface area contributed by atoms with E-state index < -0.39 is 0 Å². The van der Waals surface area contributed by atoms with Crippen LogP contribution in [0.5, 0.6) is 0 Å². The van der Waals surface area contributed by atoms with Crippen LogP contribution in [0, 0.1) is 5.92 Å². The molecule has 0 spiro atoms. The Kier molecular flexibility index (Phi) is 9.13. The quantitative estimate of drug-likeness (QED) is 0.337. The van der Waals surface area contributed by atoms with Gasteiger partial charge >= 0.3 is 5.97 Å². The SMILES string of the molecule is CCCCCC(CC=O)CCOC(C)=O. The van der Waals surface area contributed by atoms with E-state index in [1.807, 2.05) is 0 Å². The maximum absolute atomic E-state index is 10.6. The summed E-state index contributed by atoms with van der Waals surface area (Å²) in [6, 6.07) is 0. The van der Waals surface area contributed by atoms with Crippen molar-refractivity contribution in [1.29, 1.82) is 0 Å². The van der Waals surface area contributed by atoms with E-state index >= 15 is 0 Å². The number of unbranched alkanes of at least 4 members (excludes halogenated alkanes) is 2. The summed E-state index contributed by atoms with van der Waals surface area (Å²) >= 11 is 0. The molecule has 0 aromatic heterocycles. The van der Waals surface area contributed by atoms with Gasteiger partial charge in [-0.25, -0.2) is 0 Å². The lowest BCUT2D eigenvalue weighted by Gasteiger charge is -2.13. The van der Waals surface area contributed by atoms with Gasteiger partial charge in [0.25, 0.3) is 0 Å². The molecule has 15 heavy (non-hydrogen) atoms. The van der Waals surface area contributed by atoms with Crippen molar-refractivity contribution in [2.24, 2.45) is 5.92 Å². The predicted octanol–water partition coefficient (Wildman–Crippen LogP) is 2.73. The zero-order valence-corrected chi connectivity index (χ0v) is 9.83. The van der Waals surface area contributed by atoms with E-state index in [4.69, 9.17) is 4.74 Å². The van der Waals surface area contributed by atoms with Gasteiger partial charge in [0.1, 0.15) is 6.29 Å². The van der Waals surface area contributed by atoms with E-state index in [-0.39, 0.29) is 5.97 Å². The first-order valence-corrected chi connectivity index (χ1v) is 5.77. The molecule has 0 saturated carbocycles. The van der Waals surface area contributed by atoms with Crippen LogP contribution in [-0.2, 0) is 14.3 Å². The second kappa shape index (κ2) is 9.69. The summed E-state index contributed by atoms with van der Waals surface area (Å²) in [5, 5.41) is 0. The molecule has 0 rings (SSSR count).